The number of rotatable bonds is 7. The lowest BCUT2D eigenvalue weighted by atomic mass is 9.98. The number of carbonyl (C=O) groups is 2. The van der Waals surface area contributed by atoms with Crippen molar-refractivity contribution in [3.8, 4) is 5.75 Å². The summed E-state index contributed by atoms with van der Waals surface area (Å²) in [6.45, 7) is 3.98. The van der Waals surface area contributed by atoms with Gasteiger partial charge in [0.1, 0.15) is 23.4 Å². The number of likely N-dealkylation sites (tertiary alicyclic amines) is 1. The number of pyridine rings is 1. The molecule has 3 aromatic rings. The van der Waals surface area contributed by atoms with Crippen molar-refractivity contribution in [2.75, 3.05) is 6.54 Å². The smallest absolute Gasteiger partial charge is 0.295 e. The first kappa shape index (κ1) is 23.2. The SMILES string of the molecule is CC(C)Oc1cccc(/C(O)=C2/C(=O)C(=O)N(CCc3ccc(F)cc3)C2c2ccccn2)c1. The summed E-state index contributed by atoms with van der Waals surface area (Å²) < 4.78 is 19.0. The first-order chi connectivity index (χ1) is 16.3. The van der Waals surface area contributed by atoms with Gasteiger partial charge in [-0.3, -0.25) is 14.6 Å². The van der Waals surface area contributed by atoms with E-state index in [1.54, 1.807) is 60.8 Å². The quantitative estimate of drug-likeness (QED) is 0.315. The summed E-state index contributed by atoms with van der Waals surface area (Å²) in [5.74, 6) is -1.58. The van der Waals surface area contributed by atoms with Crippen LogP contribution in [0.25, 0.3) is 5.76 Å². The highest BCUT2D eigenvalue weighted by atomic mass is 19.1. The number of aliphatic hydroxyl groups excluding tert-OH is 1. The van der Waals surface area contributed by atoms with E-state index in [-0.39, 0.29) is 29.8 Å². The second-order valence-electron chi connectivity index (χ2n) is 8.32. The third kappa shape index (κ3) is 4.83. The number of hydrogen-bond donors (Lipinski definition) is 1. The second-order valence-corrected chi connectivity index (χ2v) is 8.32. The molecule has 4 rings (SSSR count). The van der Waals surface area contributed by atoms with Crippen LogP contribution in [0, 0.1) is 5.82 Å². The van der Waals surface area contributed by atoms with Gasteiger partial charge >= 0.3 is 0 Å². The highest BCUT2D eigenvalue weighted by Gasteiger charge is 2.46. The monoisotopic (exact) mass is 460 g/mol. The fraction of sp³-hybridized carbons (Fsp3) is 0.222. The van der Waals surface area contributed by atoms with E-state index in [4.69, 9.17) is 4.74 Å². The maximum absolute atomic E-state index is 13.3. The van der Waals surface area contributed by atoms with E-state index < -0.39 is 17.7 Å². The molecule has 0 radical (unpaired) electrons. The van der Waals surface area contributed by atoms with Crippen molar-refractivity contribution in [3.05, 3.63) is 101 Å². The molecule has 1 unspecified atom stereocenters. The fourth-order valence-electron chi connectivity index (χ4n) is 4.00. The van der Waals surface area contributed by atoms with E-state index in [0.717, 1.165) is 5.56 Å². The first-order valence-electron chi connectivity index (χ1n) is 11.1. The van der Waals surface area contributed by atoms with Gasteiger partial charge in [0.2, 0.25) is 0 Å². The number of aromatic nitrogens is 1. The predicted octanol–water partition coefficient (Wildman–Crippen LogP) is 4.67. The Hall–Kier alpha value is -4.00. The maximum atomic E-state index is 13.3. The van der Waals surface area contributed by atoms with Crippen LogP contribution in [0.15, 0.2) is 78.5 Å². The summed E-state index contributed by atoms with van der Waals surface area (Å²) in [5.41, 5.74) is 1.64. The van der Waals surface area contributed by atoms with Crippen LogP contribution in [0.2, 0.25) is 0 Å². The lowest BCUT2D eigenvalue weighted by Gasteiger charge is -2.24. The van der Waals surface area contributed by atoms with Crippen LogP contribution in [-0.4, -0.2) is 39.3 Å². The summed E-state index contributed by atoms with van der Waals surface area (Å²) >= 11 is 0. The van der Waals surface area contributed by atoms with Gasteiger partial charge < -0.3 is 14.7 Å². The van der Waals surface area contributed by atoms with Gasteiger partial charge in [-0.1, -0.05) is 30.3 Å². The van der Waals surface area contributed by atoms with Gasteiger partial charge in [0.25, 0.3) is 11.7 Å². The average molecular weight is 461 g/mol. The summed E-state index contributed by atoms with van der Waals surface area (Å²) in [7, 11) is 0. The number of nitrogens with zero attached hydrogens (tertiary/aromatic N) is 2. The van der Waals surface area contributed by atoms with Crippen molar-refractivity contribution in [1.29, 1.82) is 0 Å². The van der Waals surface area contributed by atoms with Crippen molar-refractivity contribution < 1.29 is 23.8 Å². The van der Waals surface area contributed by atoms with Crippen LogP contribution in [0.4, 0.5) is 4.39 Å². The van der Waals surface area contributed by atoms with Crippen molar-refractivity contribution in [3.63, 3.8) is 0 Å². The van der Waals surface area contributed by atoms with Crippen LogP contribution in [0.3, 0.4) is 0 Å². The Morgan fingerprint density at radius 2 is 1.85 bits per heavy atom. The lowest BCUT2D eigenvalue weighted by molar-refractivity contribution is -0.139. The molecule has 0 saturated carbocycles. The molecule has 1 amide bonds. The van der Waals surface area contributed by atoms with Crippen LogP contribution in [0.5, 0.6) is 5.75 Å². The van der Waals surface area contributed by atoms with Crippen LogP contribution in [-0.2, 0) is 16.0 Å². The van der Waals surface area contributed by atoms with Gasteiger partial charge in [0.05, 0.1) is 17.4 Å². The summed E-state index contributed by atoms with van der Waals surface area (Å²) in [6, 6.07) is 17.1. The molecule has 1 atom stereocenters. The molecule has 2 heterocycles. The van der Waals surface area contributed by atoms with Gasteiger partial charge in [-0.25, -0.2) is 4.39 Å². The Bertz CT molecular complexity index is 1220. The Balaban J connectivity index is 1.74. The number of aliphatic hydroxyl groups is 1. The van der Waals surface area contributed by atoms with Gasteiger partial charge in [0, 0.05) is 18.3 Å². The Morgan fingerprint density at radius 3 is 2.53 bits per heavy atom. The Morgan fingerprint density at radius 1 is 1.09 bits per heavy atom. The zero-order chi connectivity index (χ0) is 24.2. The van der Waals surface area contributed by atoms with E-state index in [1.165, 1.54) is 17.0 Å². The molecular formula is C27H25FN2O4. The van der Waals surface area contributed by atoms with E-state index in [0.29, 0.717) is 23.4 Å². The largest absolute Gasteiger partial charge is 0.507 e. The van der Waals surface area contributed by atoms with Crippen LogP contribution in [0.1, 0.15) is 36.7 Å². The molecule has 0 aliphatic carbocycles. The average Bonchev–Trinajstić information content (AvgIpc) is 3.08. The molecule has 174 valence electrons. The van der Waals surface area contributed by atoms with E-state index >= 15 is 0 Å². The molecule has 1 N–H and O–H groups in total. The fourth-order valence-corrected chi connectivity index (χ4v) is 4.00. The van der Waals surface area contributed by atoms with Crippen LogP contribution < -0.4 is 4.74 Å². The molecule has 0 bridgehead atoms. The number of benzene rings is 2. The Kier molecular flexibility index (Phi) is 6.72. The molecule has 6 nitrogen and oxygen atoms in total. The van der Waals surface area contributed by atoms with Crippen molar-refractivity contribution in [1.82, 2.24) is 9.88 Å². The lowest BCUT2D eigenvalue weighted by Crippen LogP contribution is -2.32. The standard InChI is InChI=1S/C27H25FN2O4/c1-17(2)34-21-7-5-6-19(16-21)25(31)23-24(22-8-3-4-14-29-22)30(27(33)26(23)32)15-13-18-9-11-20(28)12-10-18/h3-12,14,16-17,24,31H,13,15H2,1-2H3/b25-23-. The molecule has 34 heavy (non-hydrogen) atoms. The van der Waals surface area contributed by atoms with Crippen molar-refractivity contribution in [2.24, 2.45) is 0 Å². The van der Waals surface area contributed by atoms with E-state index in [9.17, 15) is 19.1 Å². The molecule has 2 aromatic carbocycles. The maximum Gasteiger partial charge on any atom is 0.295 e. The molecular weight excluding hydrogens is 435 g/mol. The third-order valence-electron chi connectivity index (χ3n) is 5.54. The molecule has 1 aromatic heterocycles. The molecule has 7 heteroatoms. The predicted molar refractivity (Wildman–Crippen MR) is 126 cm³/mol. The molecule has 1 aliphatic heterocycles. The van der Waals surface area contributed by atoms with Gasteiger partial charge in [0.15, 0.2) is 0 Å². The number of ether oxygens (including phenoxy) is 1. The Labute approximate surface area is 197 Å². The van der Waals surface area contributed by atoms with Crippen molar-refractivity contribution in [2.45, 2.75) is 32.4 Å². The minimum Gasteiger partial charge on any atom is -0.507 e. The van der Waals surface area contributed by atoms with Gasteiger partial charge in [-0.15, -0.1) is 0 Å². The minimum atomic E-state index is -0.851. The summed E-state index contributed by atoms with van der Waals surface area (Å²) in [4.78, 5) is 31.9. The zero-order valence-corrected chi connectivity index (χ0v) is 18.9. The number of ketones is 1. The third-order valence-corrected chi connectivity index (χ3v) is 5.54. The topological polar surface area (TPSA) is 79.7 Å². The normalized spacial score (nSPS) is 17.4. The van der Waals surface area contributed by atoms with Gasteiger partial charge in [-0.2, -0.15) is 0 Å². The molecule has 1 saturated heterocycles. The number of hydrogen-bond acceptors (Lipinski definition) is 5. The second kappa shape index (κ2) is 9.87. The van der Waals surface area contributed by atoms with E-state index in [2.05, 4.69) is 4.98 Å². The summed E-state index contributed by atoms with van der Waals surface area (Å²) in [5, 5.41) is 11.2. The highest BCUT2D eigenvalue weighted by Crippen LogP contribution is 2.39. The highest BCUT2D eigenvalue weighted by molar-refractivity contribution is 6.46. The zero-order valence-electron chi connectivity index (χ0n) is 18.9. The molecule has 1 fully saturated rings. The van der Waals surface area contributed by atoms with Crippen molar-refractivity contribution >= 4 is 17.4 Å². The van der Waals surface area contributed by atoms with Crippen LogP contribution >= 0.6 is 0 Å². The number of halogens is 1. The minimum absolute atomic E-state index is 0.0236. The molecule has 1 aliphatic rings. The van der Waals surface area contributed by atoms with E-state index in [1.807, 2.05) is 13.8 Å². The van der Waals surface area contributed by atoms with Gasteiger partial charge in [-0.05, 0) is 62.2 Å². The first-order valence-corrected chi connectivity index (χ1v) is 11.1. The number of amides is 1. The number of carbonyl (C=O) groups excluding carboxylic acids is 2. The summed E-state index contributed by atoms with van der Waals surface area (Å²) in [6.07, 6.45) is 1.92. The molecule has 0 spiro atoms. The number of Topliss-reactive ketones (excluding diaryl/α,β-unsaturated/α-hetero) is 1.